The van der Waals surface area contributed by atoms with E-state index < -0.39 is 0 Å². The lowest BCUT2D eigenvalue weighted by molar-refractivity contribution is 0.0944. The van der Waals surface area contributed by atoms with Gasteiger partial charge in [0.15, 0.2) is 0 Å². The topological polar surface area (TPSA) is 62.8 Å². The molecule has 166 valence electrons. The molecule has 0 bridgehead atoms. The van der Waals surface area contributed by atoms with Crippen LogP contribution < -0.4 is 25.0 Å². The van der Waals surface area contributed by atoms with Crippen molar-refractivity contribution in [3.8, 4) is 11.5 Å². The molecule has 6 heteroatoms. The molecule has 2 heterocycles. The van der Waals surface area contributed by atoms with Crippen LogP contribution in [-0.2, 0) is 13.0 Å². The van der Waals surface area contributed by atoms with Gasteiger partial charge in [0.2, 0.25) is 0 Å². The highest BCUT2D eigenvalue weighted by molar-refractivity contribution is 5.95. The average molecular weight is 424 g/mol. The lowest BCUT2D eigenvalue weighted by atomic mass is 9.97. The van der Waals surface area contributed by atoms with Crippen molar-refractivity contribution < 1.29 is 14.3 Å². The van der Waals surface area contributed by atoms with Crippen LogP contribution in [0, 0.1) is 5.92 Å². The zero-order valence-corrected chi connectivity index (χ0v) is 18.6. The van der Waals surface area contributed by atoms with Gasteiger partial charge >= 0.3 is 0 Å². The number of anilines is 1. The van der Waals surface area contributed by atoms with Crippen molar-refractivity contribution in [3.63, 3.8) is 0 Å². The maximum absolute atomic E-state index is 12.7. The van der Waals surface area contributed by atoms with Crippen LogP contribution >= 0.6 is 0 Å². The van der Waals surface area contributed by atoms with Gasteiger partial charge in [0, 0.05) is 42.5 Å². The summed E-state index contributed by atoms with van der Waals surface area (Å²) in [4.78, 5) is 15.1. The summed E-state index contributed by atoms with van der Waals surface area (Å²) in [5.41, 5.74) is 4.34. The molecule has 0 aromatic heterocycles. The predicted molar refractivity (Wildman–Crippen MR) is 123 cm³/mol. The molecule has 1 amide bonds. The summed E-state index contributed by atoms with van der Waals surface area (Å²) in [7, 11) is 3.35. The highest BCUT2D eigenvalue weighted by Gasteiger charge is 2.21. The van der Waals surface area contributed by atoms with Crippen molar-refractivity contribution in [1.82, 2.24) is 10.6 Å². The van der Waals surface area contributed by atoms with E-state index in [-0.39, 0.29) is 5.91 Å². The second-order valence-electron chi connectivity index (χ2n) is 8.45. The van der Waals surface area contributed by atoms with Crippen molar-refractivity contribution >= 4 is 11.6 Å². The molecular formula is C25H33N3O3. The van der Waals surface area contributed by atoms with Crippen molar-refractivity contribution in [2.75, 3.05) is 45.3 Å². The van der Waals surface area contributed by atoms with Crippen molar-refractivity contribution in [2.24, 2.45) is 5.92 Å². The monoisotopic (exact) mass is 423 g/mol. The number of nitrogens with zero attached hydrogens (tertiary/aromatic N) is 1. The SMILES string of the molecule is COc1ccc(CN2CCCc3cc(C(=O)NCC4CCNCC4)ccc32)c(OC)c1. The number of benzene rings is 2. The van der Waals surface area contributed by atoms with Gasteiger partial charge in [-0.15, -0.1) is 0 Å². The molecule has 0 spiro atoms. The zero-order valence-electron chi connectivity index (χ0n) is 18.6. The molecule has 2 aromatic rings. The molecule has 2 aliphatic heterocycles. The van der Waals surface area contributed by atoms with Crippen molar-refractivity contribution in [1.29, 1.82) is 0 Å². The van der Waals surface area contributed by atoms with Crippen LogP contribution in [-0.4, -0.2) is 46.3 Å². The van der Waals surface area contributed by atoms with Gasteiger partial charge in [0.25, 0.3) is 5.91 Å². The van der Waals surface area contributed by atoms with Crippen molar-refractivity contribution in [3.05, 3.63) is 53.1 Å². The maximum Gasteiger partial charge on any atom is 0.251 e. The van der Waals surface area contributed by atoms with E-state index in [4.69, 9.17) is 9.47 Å². The Morgan fingerprint density at radius 3 is 2.74 bits per heavy atom. The van der Waals surface area contributed by atoms with E-state index in [2.05, 4.69) is 33.7 Å². The van der Waals surface area contributed by atoms with E-state index >= 15 is 0 Å². The second-order valence-corrected chi connectivity index (χ2v) is 8.45. The van der Waals surface area contributed by atoms with Gasteiger partial charge in [-0.3, -0.25) is 4.79 Å². The van der Waals surface area contributed by atoms with E-state index in [1.807, 2.05) is 18.2 Å². The summed E-state index contributed by atoms with van der Waals surface area (Å²) >= 11 is 0. The molecule has 2 N–H and O–H groups in total. The quantitative estimate of drug-likeness (QED) is 0.715. The normalized spacial score (nSPS) is 16.5. The average Bonchev–Trinajstić information content (AvgIpc) is 2.83. The number of aryl methyl sites for hydroxylation is 1. The molecular weight excluding hydrogens is 390 g/mol. The fourth-order valence-electron chi connectivity index (χ4n) is 4.59. The Kier molecular flexibility index (Phi) is 6.97. The number of hydrogen-bond donors (Lipinski definition) is 2. The number of methoxy groups -OCH3 is 2. The lowest BCUT2D eigenvalue weighted by Crippen LogP contribution is -2.36. The highest BCUT2D eigenvalue weighted by Crippen LogP contribution is 2.32. The van der Waals surface area contributed by atoms with Gasteiger partial charge in [-0.05, 0) is 80.6 Å². The molecule has 2 aromatic carbocycles. The molecule has 0 radical (unpaired) electrons. The first-order valence-corrected chi connectivity index (χ1v) is 11.3. The van der Waals surface area contributed by atoms with Crippen LogP contribution in [0.2, 0.25) is 0 Å². The van der Waals surface area contributed by atoms with E-state index in [0.29, 0.717) is 5.92 Å². The van der Waals surface area contributed by atoms with Crippen LogP contribution in [0.25, 0.3) is 0 Å². The van der Waals surface area contributed by atoms with Gasteiger partial charge in [-0.1, -0.05) is 0 Å². The minimum absolute atomic E-state index is 0.0373. The molecule has 1 saturated heterocycles. The zero-order chi connectivity index (χ0) is 21.6. The van der Waals surface area contributed by atoms with Crippen LogP contribution in [0.5, 0.6) is 11.5 Å². The molecule has 0 atom stereocenters. The smallest absolute Gasteiger partial charge is 0.251 e. The maximum atomic E-state index is 12.7. The third-order valence-corrected chi connectivity index (χ3v) is 6.42. The molecule has 1 fully saturated rings. The largest absolute Gasteiger partial charge is 0.497 e. The van der Waals surface area contributed by atoms with E-state index in [0.717, 1.165) is 81.0 Å². The Bertz CT molecular complexity index is 909. The Morgan fingerprint density at radius 1 is 1.13 bits per heavy atom. The summed E-state index contributed by atoms with van der Waals surface area (Å²) < 4.78 is 10.9. The first-order valence-electron chi connectivity index (χ1n) is 11.3. The number of ether oxygens (including phenoxy) is 2. The minimum Gasteiger partial charge on any atom is -0.497 e. The summed E-state index contributed by atoms with van der Waals surface area (Å²) in [6.45, 7) is 4.62. The fourth-order valence-corrected chi connectivity index (χ4v) is 4.59. The standard InChI is InChI=1S/C25H33N3O3/c1-30-22-7-5-21(24(15-22)31-2)17-28-13-3-4-19-14-20(6-8-23(19)28)25(29)27-16-18-9-11-26-12-10-18/h5-8,14-15,18,26H,3-4,9-13,16-17H2,1-2H3,(H,27,29). The molecule has 2 aliphatic rings. The number of amides is 1. The Hall–Kier alpha value is -2.73. The summed E-state index contributed by atoms with van der Waals surface area (Å²) in [5.74, 6) is 2.24. The highest BCUT2D eigenvalue weighted by atomic mass is 16.5. The van der Waals surface area contributed by atoms with Gasteiger partial charge in [-0.25, -0.2) is 0 Å². The van der Waals surface area contributed by atoms with E-state index in [9.17, 15) is 4.79 Å². The van der Waals surface area contributed by atoms with Crippen LogP contribution in [0.4, 0.5) is 5.69 Å². The molecule has 0 unspecified atom stereocenters. The van der Waals surface area contributed by atoms with Crippen molar-refractivity contribution in [2.45, 2.75) is 32.2 Å². The number of carbonyl (C=O) groups is 1. The van der Waals surface area contributed by atoms with Crippen LogP contribution in [0.15, 0.2) is 36.4 Å². The fraction of sp³-hybridized carbons (Fsp3) is 0.480. The van der Waals surface area contributed by atoms with Gasteiger partial charge in [0.05, 0.1) is 14.2 Å². The summed E-state index contributed by atoms with van der Waals surface area (Å²) in [5, 5.41) is 6.51. The van der Waals surface area contributed by atoms with Gasteiger partial charge in [-0.2, -0.15) is 0 Å². The Balaban J connectivity index is 1.45. The van der Waals surface area contributed by atoms with Crippen LogP contribution in [0.3, 0.4) is 0 Å². The predicted octanol–water partition coefficient (Wildman–Crippen LogP) is 3.39. The van der Waals surface area contributed by atoms with E-state index in [1.54, 1.807) is 14.2 Å². The molecule has 0 aliphatic carbocycles. The first-order chi connectivity index (χ1) is 15.2. The molecule has 0 saturated carbocycles. The summed E-state index contributed by atoms with van der Waals surface area (Å²) in [6, 6.07) is 12.1. The minimum atomic E-state index is 0.0373. The summed E-state index contributed by atoms with van der Waals surface area (Å²) in [6.07, 6.45) is 4.34. The number of piperidine rings is 1. The lowest BCUT2D eigenvalue weighted by Gasteiger charge is -2.32. The number of hydrogen-bond acceptors (Lipinski definition) is 5. The molecule has 6 nitrogen and oxygen atoms in total. The first kappa shape index (κ1) is 21.5. The van der Waals surface area contributed by atoms with Gasteiger partial charge in [0.1, 0.15) is 11.5 Å². The van der Waals surface area contributed by atoms with E-state index in [1.165, 1.54) is 11.3 Å². The number of carbonyl (C=O) groups excluding carboxylic acids is 1. The number of nitrogens with one attached hydrogen (secondary N) is 2. The van der Waals surface area contributed by atoms with Crippen LogP contribution in [0.1, 0.15) is 40.7 Å². The third kappa shape index (κ3) is 5.13. The number of fused-ring (bicyclic) bond motifs is 1. The number of rotatable bonds is 7. The molecule has 31 heavy (non-hydrogen) atoms. The third-order valence-electron chi connectivity index (χ3n) is 6.42. The second kappa shape index (κ2) is 10.1. The Labute approximate surface area is 184 Å². The molecule has 4 rings (SSSR count). The van der Waals surface area contributed by atoms with Gasteiger partial charge < -0.3 is 25.0 Å². The Morgan fingerprint density at radius 2 is 1.97 bits per heavy atom.